The van der Waals surface area contributed by atoms with Gasteiger partial charge in [0.1, 0.15) is 11.5 Å². The van der Waals surface area contributed by atoms with Gasteiger partial charge in [-0.1, -0.05) is 18.2 Å². The summed E-state index contributed by atoms with van der Waals surface area (Å²) in [5.74, 6) is 1.67. The SMILES string of the molecule is CC(Nc1ccc(Oc2ccccc2)cc1)c1cscn1. The molecule has 3 aromatic rings. The second-order valence-electron chi connectivity index (χ2n) is 4.72. The number of nitrogens with one attached hydrogen (secondary N) is 1. The minimum atomic E-state index is 0.192. The maximum atomic E-state index is 5.77. The number of thiazole rings is 1. The highest BCUT2D eigenvalue weighted by atomic mass is 32.1. The standard InChI is InChI=1S/C17H16N2OS/c1-13(17-11-21-12-18-17)19-14-7-9-16(10-8-14)20-15-5-3-2-4-6-15/h2-13,19H,1H3. The molecular weight excluding hydrogens is 280 g/mol. The van der Waals surface area contributed by atoms with Gasteiger partial charge in [-0.15, -0.1) is 11.3 Å². The highest BCUT2D eigenvalue weighted by Crippen LogP contribution is 2.24. The van der Waals surface area contributed by atoms with Crippen molar-refractivity contribution in [2.75, 3.05) is 5.32 Å². The van der Waals surface area contributed by atoms with Crippen molar-refractivity contribution in [1.29, 1.82) is 0 Å². The fourth-order valence-corrected chi connectivity index (χ4v) is 2.65. The zero-order valence-corrected chi connectivity index (χ0v) is 12.5. The number of nitrogens with zero attached hydrogens (tertiary/aromatic N) is 1. The third-order valence-electron chi connectivity index (χ3n) is 3.11. The number of hydrogen-bond donors (Lipinski definition) is 1. The summed E-state index contributed by atoms with van der Waals surface area (Å²) in [6, 6.07) is 17.9. The molecule has 3 nitrogen and oxygen atoms in total. The largest absolute Gasteiger partial charge is 0.457 e. The third-order valence-corrected chi connectivity index (χ3v) is 3.72. The van der Waals surface area contributed by atoms with Gasteiger partial charge < -0.3 is 10.1 Å². The van der Waals surface area contributed by atoms with E-state index in [9.17, 15) is 0 Å². The lowest BCUT2D eigenvalue weighted by atomic mass is 10.2. The molecule has 1 unspecified atom stereocenters. The Morgan fingerprint density at radius 2 is 1.71 bits per heavy atom. The van der Waals surface area contributed by atoms with Crippen LogP contribution in [0.15, 0.2) is 65.5 Å². The van der Waals surface area contributed by atoms with Crippen LogP contribution >= 0.6 is 11.3 Å². The number of para-hydroxylation sites is 1. The molecule has 0 fully saturated rings. The topological polar surface area (TPSA) is 34.1 Å². The predicted octanol–water partition coefficient (Wildman–Crippen LogP) is 5.11. The summed E-state index contributed by atoms with van der Waals surface area (Å²) in [5.41, 5.74) is 3.96. The molecule has 0 bridgehead atoms. The molecule has 1 N–H and O–H groups in total. The second kappa shape index (κ2) is 6.41. The summed E-state index contributed by atoms with van der Waals surface area (Å²) in [6.45, 7) is 2.10. The van der Waals surface area contributed by atoms with E-state index in [1.165, 1.54) is 0 Å². The zero-order valence-electron chi connectivity index (χ0n) is 11.7. The van der Waals surface area contributed by atoms with Crippen LogP contribution in [-0.4, -0.2) is 4.98 Å². The van der Waals surface area contributed by atoms with Crippen molar-refractivity contribution in [1.82, 2.24) is 4.98 Å². The van der Waals surface area contributed by atoms with Crippen LogP contribution in [-0.2, 0) is 0 Å². The number of aromatic nitrogens is 1. The molecular formula is C17H16N2OS. The van der Waals surface area contributed by atoms with E-state index < -0.39 is 0 Å². The summed E-state index contributed by atoms with van der Waals surface area (Å²) < 4.78 is 5.77. The Kier molecular flexibility index (Phi) is 4.17. The van der Waals surface area contributed by atoms with E-state index in [0.717, 1.165) is 22.9 Å². The molecule has 0 saturated carbocycles. The van der Waals surface area contributed by atoms with Crippen molar-refractivity contribution in [3.8, 4) is 11.5 Å². The van der Waals surface area contributed by atoms with E-state index in [2.05, 4.69) is 22.6 Å². The molecule has 3 rings (SSSR count). The molecule has 1 heterocycles. The number of ether oxygens (including phenoxy) is 1. The van der Waals surface area contributed by atoms with Crippen molar-refractivity contribution in [2.24, 2.45) is 0 Å². The molecule has 0 spiro atoms. The lowest BCUT2D eigenvalue weighted by molar-refractivity contribution is 0.483. The van der Waals surface area contributed by atoms with Crippen LogP contribution < -0.4 is 10.1 Å². The fourth-order valence-electron chi connectivity index (χ4n) is 2.00. The Balaban J connectivity index is 1.64. The number of hydrogen-bond acceptors (Lipinski definition) is 4. The van der Waals surface area contributed by atoms with Crippen LogP contribution in [0.3, 0.4) is 0 Å². The van der Waals surface area contributed by atoms with Gasteiger partial charge in [-0.2, -0.15) is 0 Å². The molecule has 0 saturated heterocycles. The number of anilines is 1. The number of benzene rings is 2. The molecule has 0 amide bonds. The molecule has 1 atom stereocenters. The molecule has 4 heteroatoms. The van der Waals surface area contributed by atoms with Crippen LogP contribution in [0.25, 0.3) is 0 Å². The first kappa shape index (κ1) is 13.6. The van der Waals surface area contributed by atoms with Crippen LogP contribution in [0.1, 0.15) is 18.7 Å². The first-order valence-corrected chi connectivity index (χ1v) is 7.73. The van der Waals surface area contributed by atoms with Crippen LogP contribution in [0.2, 0.25) is 0 Å². The second-order valence-corrected chi connectivity index (χ2v) is 5.44. The van der Waals surface area contributed by atoms with Crippen molar-refractivity contribution in [3.05, 3.63) is 71.2 Å². The predicted molar refractivity (Wildman–Crippen MR) is 87.1 cm³/mol. The first-order valence-electron chi connectivity index (χ1n) is 6.79. The smallest absolute Gasteiger partial charge is 0.127 e. The first-order chi connectivity index (χ1) is 10.3. The Hall–Kier alpha value is -2.33. The van der Waals surface area contributed by atoms with E-state index in [1.54, 1.807) is 11.3 Å². The lowest BCUT2D eigenvalue weighted by Gasteiger charge is -2.13. The molecule has 1 aromatic heterocycles. The Morgan fingerprint density at radius 3 is 2.38 bits per heavy atom. The van der Waals surface area contributed by atoms with Crippen LogP contribution in [0, 0.1) is 0 Å². The lowest BCUT2D eigenvalue weighted by Crippen LogP contribution is -2.06. The van der Waals surface area contributed by atoms with E-state index in [4.69, 9.17) is 4.74 Å². The maximum Gasteiger partial charge on any atom is 0.127 e. The zero-order chi connectivity index (χ0) is 14.5. The molecule has 0 radical (unpaired) electrons. The molecule has 2 aromatic carbocycles. The maximum absolute atomic E-state index is 5.77. The Labute approximate surface area is 128 Å². The minimum absolute atomic E-state index is 0.192. The van der Waals surface area contributed by atoms with Crippen LogP contribution in [0.4, 0.5) is 5.69 Å². The van der Waals surface area contributed by atoms with Gasteiger partial charge in [0.15, 0.2) is 0 Å². The highest BCUT2D eigenvalue weighted by molar-refractivity contribution is 7.07. The van der Waals surface area contributed by atoms with E-state index >= 15 is 0 Å². The van der Waals surface area contributed by atoms with Crippen LogP contribution in [0.5, 0.6) is 11.5 Å². The van der Waals surface area contributed by atoms with Gasteiger partial charge in [0.05, 0.1) is 17.2 Å². The van der Waals surface area contributed by atoms with Crippen molar-refractivity contribution < 1.29 is 4.74 Å². The van der Waals surface area contributed by atoms with Crippen molar-refractivity contribution >= 4 is 17.0 Å². The van der Waals surface area contributed by atoms with E-state index in [-0.39, 0.29) is 6.04 Å². The number of rotatable bonds is 5. The normalized spacial score (nSPS) is 11.9. The van der Waals surface area contributed by atoms with Gasteiger partial charge in [-0.25, -0.2) is 4.98 Å². The average Bonchev–Trinajstić information content (AvgIpc) is 3.05. The van der Waals surface area contributed by atoms with Crippen molar-refractivity contribution in [3.63, 3.8) is 0 Å². The molecule has 0 aliphatic carbocycles. The molecule has 0 aliphatic rings. The molecule has 0 aliphatic heterocycles. The summed E-state index contributed by atoms with van der Waals surface area (Å²) in [6.07, 6.45) is 0. The van der Waals surface area contributed by atoms with Gasteiger partial charge >= 0.3 is 0 Å². The summed E-state index contributed by atoms with van der Waals surface area (Å²) in [5, 5.41) is 5.48. The molecule has 21 heavy (non-hydrogen) atoms. The quantitative estimate of drug-likeness (QED) is 0.710. The van der Waals surface area contributed by atoms with Gasteiger partial charge in [-0.05, 0) is 43.3 Å². The van der Waals surface area contributed by atoms with Gasteiger partial charge in [0, 0.05) is 11.1 Å². The van der Waals surface area contributed by atoms with E-state index in [1.807, 2.05) is 60.1 Å². The Morgan fingerprint density at radius 1 is 1.00 bits per heavy atom. The van der Waals surface area contributed by atoms with Gasteiger partial charge in [0.2, 0.25) is 0 Å². The van der Waals surface area contributed by atoms with Gasteiger partial charge in [-0.3, -0.25) is 0 Å². The summed E-state index contributed by atoms with van der Waals surface area (Å²) >= 11 is 1.61. The third kappa shape index (κ3) is 3.61. The monoisotopic (exact) mass is 296 g/mol. The van der Waals surface area contributed by atoms with E-state index in [0.29, 0.717) is 0 Å². The van der Waals surface area contributed by atoms with Crippen molar-refractivity contribution in [2.45, 2.75) is 13.0 Å². The summed E-state index contributed by atoms with van der Waals surface area (Å²) in [4.78, 5) is 4.32. The molecule has 106 valence electrons. The Bertz CT molecular complexity index is 666. The highest BCUT2D eigenvalue weighted by Gasteiger charge is 2.07. The average molecular weight is 296 g/mol. The summed E-state index contributed by atoms with van der Waals surface area (Å²) in [7, 11) is 0. The fraction of sp³-hybridized carbons (Fsp3) is 0.118. The minimum Gasteiger partial charge on any atom is -0.457 e. The van der Waals surface area contributed by atoms with Gasteiger partial charge in [0.25, 0.3) is 0 Å².